The Kier molecular flexibility index (Phi) is 7.32. The monoisotopic (exact) mass is 394 g/mol. The molecule has 0 aliphatic heterocycles. The van der Waals surface area contributed by atoms with Gasteiger partial charge in [-0.05, 0) is 49.4 Å². The average molecular weight is 394 g/mol. The van der Waals surface area contributed by atoms with Crippen molar-refractivity contribution in [3.63, 3.8) is 0 Å². The van der Waals surface area contributed by atoms with Gasteiger partial charge in [-0.1, -0.05) is 0 Å². The van der Waals surface area contributed by atoms with E-state index in [1.807, 2.05) is 31.2 Å². The summed E-state index contributed by atoms with van der Waals surface area (Å²) in [6, 6.07) is 12.3. The highest BCUT2D eigenvalue weighted by atomic mass is 32.2. The molecular weight excluding hydrogens is 368 g/mol. The van der Waals surface area contributed by atoms with Crippen molar-refractivity contribution in [2.45, 2.75) is 11.8 Å². The van der Waals surface area contributed by atoms with Crippen LogP contribution in [0.3, 0.4) is 0 Å². The molecule has 2 aromatic carbocycles. The van der Waals surface area contributed by atoms with Crippen molar-refractivity contribution >= 4 is 15.7 Å². The van der Waals surface area contributed by atoms with E-state index < -0.39 is 10.0 Å². The normalized spacial score (nSPS) is 11.3. The first-order valence-electron chi connectivity index (χ1n) is 8.58. The van der Waals surface area contributed by atoms with Crippen LogP contribution in [0.2, 0.25) is 0 Å². The van der Waals surface area contributed by atoms with Gasteiger partial charge in [-0.2, -0.15) is 0 Å². The van der Waals surface area contributed by atoms with E-state index in [4.69, 9.17) is 14.2 Å². The molecule has 0 radical (unpaired) electrons. The van der Waals surface area contributed by atoms with Crippen molar-refractivity contribution in [3.8, 4) is 17.2 Å². The number of nitrogens with zero attached hydrogens (tertiary/aromatic N) is 1. The minimum Gasteiger partial charge on any atom is -0.497 e. The Bertz CT molecular complexity index is 836. The number of anilines is 1. The minimum absolute atomic E-state index is 0.135. The van der Waals surface area contributed by atoms with Gasteiger partial charge in [-0.15, -0.1) is 0 Å². The number of rotatable bonds is 10. The molecule has 1 N–H and O–H groups in total. The molecule has 0 saturated heterocycles. The summed E-state index contributed by atoms with van der Waals surface area (Å²) < 4.78 is 42.5. The molecule has 0 fully saturated rings. The van der Waals surface area contributed by atoms with Crippen LogP contribution in [0.1, 0.15) is 6.92 Å². The number of benzene rings is 2. The summed E-state index contributed by atoms with van der Waals surface area (Å²) >= 11 is 0. The fourth-order valence-corrected chi connectivity index (χ4v) is 3.38. The van der Waals surface area contributed by atoms with E-state index in [-0.39, 0.29) is 4.90 Å². The van der Waals surface area contributed by atoms with Crippen LogP contribution in [0.25, 0.3) is 0 Å². The zero-order valence-corrected chi connectivity index (χ0v) is 16.9. The zero-order chi connectivity index (χ0) is 19.9. The Morgan fingerprint density at radius 1 is 1.00 bits per heavy atom. The Balaban J connectivity index is 2.01. The second-order valence-electron chi connectivity index (χ2n) is 5.83. The van der Waals surface area contributed by atoms with Crippen molar-refractivity contribution in [1.82, 2.24) is 4.31 Å². The summed E-state index contributed by atoms with van der Waals surface area (Å²) in [7, 11) is 0.993. The Morgan fingerprint density at radius 3 is 2.26 bits per heavy atom. The van der Waals surface area contributed by atoms with E-state index in [9.17, 15) is 8.42 Å². The van der Waals surface area contributed by atoms with Crippen LogP contribution in [0, 0.1) is 0 Å². The number of nitrogens with one attached hydrogen (secondary N) is 1. The number of sulfonamides is 1. The first-order chi connectivity index (χ1) is 12.9. The first-order valence-corrected chi connectivity index (χ1v) is 10.0. The highest BCUT2D eigenvalue weighted by molar-refractivity contribution is 7.89. The lowest BCUT2D eigenvalue weighted by atomic mass is 10.3. The van der Waals surface area contributed by atoms with Gasteiger partial charge in [0.05, 0.1) is 13.7 Å². The van der Waals surface area contributed by atoms with E-state index in [2.05, 4.69) is 5.32 Å². The lowest BCUT2D eigenvalue weighted by Crippen LogP contribution is -2.23. The van der Waals surface area contributed by atoms with Gasteiger partial charge >= 0.3 is 0 Å². The van der Waals surface area contributed by atoms with Crippen molar-refractivity contribution in [1.29, 1.82) is 0 Å². The molecule has 0 saturated carbocycles. The molecule has 148 valence electrons. The SMILES string of the molecule is CCOc1ccc(NCCOc2ccc(OC)cc2)cc1S(=O)(=O)N(C)C. The van der Waals surface area contributed by atoms with Gasteiger partial charge in [0.2, 0.25) is 10.0 Å². The van der Waals surface area contributed by atoms with Gasteiger partial charge < -0.3 is 19.5 Å². The average Bonchev–Trinajstić information content (AvgIpc) is 2.66. The summed E-state index contributed by atoms with van der Waals surface area (Å²) in [6.45, 7) is 3.14. The van der Waals surface area contributed by atoms with Crippen LogP contribution in [0.4, 0.5) is 5.69 Å². The van der Waals surface area contributed by atoms with E-state index >= 15 is 0 Å². The Labute approximate surface area is 160 Å². The molecular formula is C19H26N2O5S. The Morgan fingerprint density at radius 2 is 1.67 bits per heavy atom. The molecule has 0 bridgehead atoms. The smallest absolute Gasteiger partial charge is 0.246 e. The van der Waals surface area contributed by atoms with Crippen molar-refractivity contribution in [2.75, 3.05) is 46.3 Å². The van der Waals surface area contributed by atoms with Crippen LogP contribution in [0.15, 0.2) is 47.4 Å². The third kappa shape index (κ3) is 5.51. The number of ether oxygens (including phenoxy) is 3. The van der Waals surface area contributed by atoms with Crippen molar-refractivity contribution < 1.29 is 22.6 Å². The number of methoxy groups -OCH3 is 1. The second kappa shape index (κ2) is 9.48. The summed E-state index contributed by atoms with van der Waals surface area (Å²) in [5.74, 6) is 1.84. The number of hydrogen-bond donors (Lipinski definition) is 1. The maximum absolute atomic E-state index is 12.5. The molecule has 2 aromatic rings. The van der Waals surface area contributed by atoms with Gasteiger partial charge in [-0.25, -0.2) is 12.7 Å². The fraction of sp³-hybridized carbons (Fsp3) is 0.368. The van der Waals surface area contributed by atoms with E-state index in [1.165, 1.54) is 18.4 Å². The largest absolute Gasteiger partial charge is 0.497 e. The highest BCUT2D eigenvalue weighted by Gasteiger charge is 2.22. The number of hydrogen-bond acceptors (Lipinski definition) is 6. The molecule has 0 amide bonds. The van der Waals surface area contributed by atoms with E-state index in [0.29, 0.717) is 31.2 Å². The van der Waals surface area contributed by atoms with Gasteiger partial charge in [0.15, 0.2) is 0 Å². The van der Waals surface area contributed by atoms with Crippen LogP contribution in [-0.4, -0.2) is 53.7 Å². The molecule has 0 atom stereocenters. The molecule has 27 heavy (non-hydrogen) atoms. The molecule has 0 aliphatic carbocycles. The molecule has 7 nitrogen and oxygen atoms in total. The molecule has 2 rings (SSSR count). The van der Waals surface area contributed by atoms with Crippen LogP contribution >= 0.6 is 0 Å². The van der Waals surface area contributed by atoms with Crippen LogP contribution < -0.4 is 19.5 Å². The lowest BCUT2D eigenvalue weighted by Gasteiger charge is -2.17. The molecule has 0 aliphatic rings. The third-order valence-electron chi connectivity index (χ3n) is 3.76. The van der Waals surface area contributed by atoms with Gasteiger partial charge in [0.25, 0.3) is 0 Å². The topological polar surface area (TPSA) is 77.1 Å². The lowest BCUT2D eigenvalue weighted by molar-refractivity contribution is 0.329. The van der Waals surface area contributed by atoms with Crippen LogP contribution in [0.5, 0.6) is 17.2 Å². The summed E-state index contributed by atoms with van der Waals surface area (Å²) in [4.78, 5) is 0.135. The van der Waals surface area contributed by atoms with Crippen LogP contribution in [-0.2, 0) is 10.0 Å². The predicted octanol–water partition coefficient (Wildman–Crippen LogP) is 2.84. The van der Waals surface area contributed by atoms with Crippen molar-refractivity contribution in [2.24, 2.45) is 0 Å². The molecule has 8 heteroatoms. The molecule has 0 unspecified atom stereocenters. The second-order valence-corrected chi connectivity index (χ2v) is 7.95. The standard InChI is InChI=1S/C19H26N2O5S/c1-5-25-18-11-6-15(14-19(18)27(22,23)21(2)3)20-12-13-26-17-9-7-16(24-4)8-10-17/h6-11,14,20H,5,12-13H2,1-4H3. The third-order valence-corrected chi connectivity index (χ3v) is 5.60. The maximum Gasteiger partial charge on any atom is 0.246 e. The van der Waals surface area contributed by atoms with Gasteiger partial charge in [-0.3, -0.25) is 0 Å². The minimum atomic E-state index is -3.61. The fourth-order valence-electron chi connectivity index (χ4n) is 2.33. The summed E-state index contributed by atoms with van der Waals surface area (Å²) in [5.41, 5.74) is 0.678. The van der Waals surface area contributed by atoms with Gasteiger partial charge in [0.1, 0.15) is 28.8 Å². The van der Waals surface area contributed by atoms with Crippen molar-refractivity contribution in [3.05, 3.63) is 42.5 Å². The first kappa shape index (κ1) is 20.9. The van der Waals surface area contributed by atoms with E-state index in [1.54, 1.807) is 25.3 Å². The summed E-state index contributed by atoms with van der Waals surface area (Å²) in [5, 5.41) is 3.17. The zero-order valence-electron chi connectivity index (χ0n) is 16.1. The molecule has 0 spiro atoms. The summed E-state index contributed by atoms with van der Waals surface area (Å²) in [6.07, 6.45) is 0. The maximum atomic E-state index is 12.5. The molecule has 0 aromatic heterocycles. The molecule has 0 heterocycles. The predicted molar refractivity (Wildman–Crippen MR) is 105 cm³/mol. The Hall–Kier alpha value is -2.45. The highest BCUT2D eigenvalue weighted by Crippen LogP contribution is 2.29. The van der Waals surface area contributed by atoms with Gasteiger partial charge in [0, 0.05) is 26.3 Å². The quantitative estimate of drug-likeness (QED) is 0.625. The van der Waals surface area contributed by atoms with E-state index in [0.717, 1.165) is 11.5 Å².